The van der Waals surface area contributed by atoms with Gasteiger partial charge in [-0.15, -0.1) is 0 Å². The molecule has 112 valence electrons. The molecule has 20 heavy (non-hydrogen) atoms. The minimum absolute atomic E-state index is 0.0986. The third-order valence-electron chi connectivity index (χ3n) is 3.00. The number of rotatable bonds is 2. The number of ether oxygens (including phenoxy) is 1. The molecule has 0 saturated carbocycles. The highest BCUT2D eigenvalue weighted by Gasteiger charge is 2.36. The van der Waals surface area contributed by atoms with E-state index >= 15 is 0 Å². The summed E-state index contributed by atoms with van der Waals surface area (Å²) in [6, 6.07) is -0.988. The smallest absolute Gasteiger partial charge is 0.318 e. The topological polar surface area (TPSA) is 72.3 Å². The molecule has 1 atom stereocenters. The molecular formula is C11H17F2N5O2. The largest absolute Gasteiger partial charge is 0.373 e. The number of nitrogens with zero attached hydrogens (tertiary/aromatic N) is 4. The van der Waals surface area contributed by atoms with Crippen LogP contribution in [0.5, 0.6) is 0 Å². The van der Waals surface area contributed by atoms with E-state index in [0.29, 0.717) is 5.82 Å². The number of aromatic nitrogens is 3. The van der Waals surface area contributed by atoms with Gasteiger partial charge < -0.3 is 15.0 Å². The lowest BCUT2D eigenvalue weighted by molar-refractivity contribution is -0.0652. The summed E-state index contributed by atoms with van der Waals surface area (Å²) < 4.78 is 33.1. The predicted octanol–water partition coefficient (Wildman–Crippen LogP) is 0.553. The number of alkyl halides is 2. The Balaban J connectivity index is 1.99. The molecule has 0 radical (unpaired) electrons. The summed E-state index contributed by atoms with van der Waals surface area (Å²) in [5.41, 5.74) is 0. The zero-order valence-corrected chi connectivity index (χ0v) is 11.3. The van der Waals surface area contributed by atoms with Crippen molar-refractivity contribution in [2.45, 2.75) is 18.9 Å². The highest BCUT2D eigenvalue weighted by atomic mass is 19.3. The third kappa shape index (κ3) is 3.41. The Morgan fingerprint density at radius 3 is 3.00 bits per heavy atom. The van der Waals surface area contributed by atoms with Gasteiger partial charge in [0, 0.05) is 13.6 Å². The Hall–Kier alpha value is -1.77. The van der Waals surface area contributed by atoms with Gasteiger partial charge in [-0.2, -0.15) is 5.10 Å². The Bertz CT molecular complexity index is 479. The Kier molecular flexibility index (Phi) is 4.17. The van der Waals surface area contributed by atoms with E-state index in [1.54, 1.807) is 14.0 Å². The fraction of sp³-hybridized carbons (Fsp3) is 0.727. The van der Waals surface area contributed by atoms with Crippen LogP contribution in [0.15, 0.2) is 6.33 Å². The van der Waals surface area contributed by atoms with Crippen molar-refractivity contribution in [1.82, 2.24) is 25.0 Å². The van der Waals surface area contributed by atoms with Crippen molar-refractivity contribution >= 4 is 6.03 Å². The van der Waals surface area contributed by atoms with Crippen LogP contribution in [0.25, 0.3) is 0 Å². The van der Waals surface area contributed by atoms with Crippen LogP contribution in [0.1, 0.15) is 18.8 Å². The van der Waals surface area contributed by atoms with Gasteiger partial charge in [0.2, 0.25) is 0 Å². The summed E-state index contributed by atoms with van der Waals surface area (Å²) in [4.78, 5) is 17.1. The lowest BCUT2D eigenvalue weighted by Crippen LogP contribution is -2.47. The Morgan fingerprint density at radius 2 is 2.35 bits per heavy atom. The summed E-state index contributed by atoms with van der Waals surface area (Å²) in [7, 11) is 1.69. The van der Waals surface area contributed by atoms with Crippen LogP contribution in [0.4, 0.5) is 13.6 Å². The number of aryl methyl sites for hydroxylation is 1. The van der Waals surface area contributed by atoms with E-state index in [-0.39, 0.29) is 13.2 Å². The molecule has 2 rings (SSSR count). The van der Waals surface area contributed by atoms with Crippen molar-refractivity contribution in [3.8, 4) is 0 Å². The molecule has 2 amide bonds. The van der Waals surface area contributed by atoms with Gasteiger partial charge >= 0.3 is 6.03 Å². The molecule has 1 N–H and O–H groups in total. The second-order valence-corrected chi connectivity index (χ2v) is 4.74. The van der Waals surface area contributed by atoms with E-state index in [1.165, 1.54) is 11.0 Å². The molecule has 7 nitrogen and oxygen atoms in total. The standard InChI is InChI=1S/C11H17F2N5O2/c1-8(9-14-7-15-17(9)2)16-10(19)18-3-4-20-6-11(12,13)5-18/h7-8H,3-6H2,1-2H3,(H,16,19). The third-order valence-corrected chi connectivity index (χ3v) is 3.00. The maximum Gasteiger partial charge on any atom is 0.318 e. The number of carbonyl (C=O) groups excluding carboxylic acids is 1. The first-order valence-corrected chi connectivity index (χ1v) is 6.24. The van der Waals surface area contributed by atoms with Gasteiger partial charge in [-0.3, -0.25) is 4.68 Å². The average molecular weight is 289 g/mol. The summed E-state index contributed by atoms with van der Waals surface area (Å²) in [6.07, 6.45) is 1.37. The van der Waals surface area contributed by atoms with E-state index in [0.717, 1.165) is 4.90 Å². The van der Waals surface area contributed by atoms with Crippen molar-refractivity contribution in [2.75, 3.05) is 26.3 Å². The van der Waals surface area contributed by atoms with Gasteiger partial charge in [0.15, 0.2) is 0 Å². The second-order valence-electron chi connectivity index (χ2n) is 4.74. The summed E-state index contributed by atoms with van der Waals surface area (Å²) in [5, 5.41) is 6.53. The van der Waals surface area contributed by atoms with E-state index in [1.807, 2.05) is 0 Å². The number of nitrogens with one attached hydrogen (secondary N) is 1. The van der Waals surface area contributed by atoms with Crippen LogP contribution < -0.4 is 5.32 Å². The van der Waals surface area contributed by atoms with Crippen molar-refractivity contribution in [2.24, 2.45) is 7.05 Å². The van der Waals surface area contributed by atoms with Crippen molar-refractivity contribution < 1.29 is 18.3 Å². The fourth-order valence-electron chi connectivity index (χ4n) is 2.01. The normalized spacial score (nSPS) is 20.3. The molecular weight excluding hydrogens is 272 g/mol. The first-order valence-electron chi connectivity index (χ1n) is 6.24. The molecule has 9 heteroatoms. The number of urea groups is 1. The molecule has 0 spiro atoms. The molecule has 0 aromatic carbocycles. The second kappa shape index (κ2) is 5.70. The number of hydrogen-bond donors (Lipinski definition) is 1. The van der Waals surface area contributed by atoms with E-state index in [2.05, 4.69) is 15.4 Å². The number of amides is 2. The maximum atomic E-state index is 13.4. The van der Waals surface area contributed by atoms with E-state index in [9.17, 15) is 13.6 Å². The molecule has 1 saturated heterocycles. The zero-order chi connectivity index (χ0) is 14.8. The fourth-order valence-corrected chi connectivity index (χ4v) is 2.01. The highest BCUT2D eigenvalue weighted by molar-refractivity contribution is 5.74. The summed E-state index contributed by atoms with van der Waals surface area (Å²) in [6.45, 7) is 0.642. The zero-order valence-electron chi connectivity index (χ0n) is 11.3. The summed E-state index contributed by atoms with van der Waals surface area (Å²) >= 11 is 0. The quantitative estimate of drug-likeness (QED) is 0.863. The number of carbonyl (C=O) groups is 1. The van der Waals surface area contributed by atoms with Crippen molar-refractivity contribution in [3.63, 3.8) is 0 Å². The van der Waals surface area contributed by atoms with Gasteiger partial charge in [-0.05, 0) is 6.92 Å². The SMILES string of the molecule is CC(NC(=O)N1CCOCC(F)(F)C1)c1ncnn1C. The van der Waals surface area contributed by atoms with Gasteiger partial charge in [-0.1, -0.05) is 0 Å². The van der Waals surface area contributed by atoms with Crippen LogP contribution in [-0.4, -0.2) is 57.9 Å². The minimum atomic E-state index is -3.03. The van der Waals surface area contributed by atoms with Crippen LogP contribution in [0, 0.1) is 0 Å². The van der Waals surface area contributed by atoms with E-state index in [4.69, 9.17) is 4.74 Å². The van der Waals surface area contributed by atoms with Crippen LogP contribution >= 0.6 is 0 Å². The summed E-state index contributed by atoms with van der Waals surface area (Å²) in [5.74, 6) is -2.47. The lowest BCUT2D eigenvalue weighted by atomic mass is 10.3. The molecule has 1 aliphatic rings. The van der Waals surface area contributed by atoms with Gasteiger partial charge in [0.25, 0.3) is 5.92 Å². The minimum Gasteiger partial charge on any atom is -0.373 e. The Labute approximate surface area is 114 Å². The van der Waals surface area contributed by atoms with Crippen LogP contribution in [-0.2, 0) is 11.8 Å². The average Bonchev–Trinajstić information content (AvgIpc) is 2.70. The molecule has 1 aromatic rings. The first-order chi connectivity index (χ1) is 9.39. The molecule has 1 aromatic heterocycles. The molecule has 0 bridgehead atoms. The maximum absolute atomic E-state index is 13.4. The van der Waals surface area contributed by atoms with Gasteiger partial charge in [0.1, 0.15) is 18.8 Å². The molecule has 1 aliphatic heterocycles. The molecule has 0 aliphatic carbocycles. The van der Waals surface area contributed by atoms with Crippen molar-refractivity contribution in [3.05, 3.63) is 12.2 Å². The lowest BCUT2D eigenvalue weighted by Gasteiger charge is -2.25. The predicted molar refractivity (Wildman–Crippen MR) is 65.3 cm³/mol. The first kappa shape index (κ1) is 14.6. The highest BCUT2D eigenvalue weighted by Crippen LogP contribution is 2.19. The molecule has 1 unspecified atom stereocenters. The molecule has 1 fully saturated rings. The molecule has 2 heterocycles. The van der Waals surface area contributed by atoms with E-state index < -0.39 is 31.1 Å². The number of hydrogen-bond acceptors (Lipinski definition) is 4. The number of halogens is 2. The van der Waals surface area contributed by atoms with Crippen LogP contribution in [0.3, 0.4) is 0 Å². The van der Waals surface area contributed by atoms with Crippen molar-refractivity contribution in [1.29, 1.82) is 0 Å². The van der Waals surface area contributed by atoms with Gasteiger partial charge in [-0.25, -0.2) is 18.6 Å². The Morgan fingerprint density at radius 1 is 1.60 bits per heavy atom. The van der Waals surface area contributed by atoms with Gasteiger partial charge in [0.05, 0.1) is 19.2 Å². The monoisotopic (exact) mass is 289 g/mol. The van der Waals surface area contributed by atoms with Crippen LogP contribution in [0.2, 0.25) is 0 Å².